The van der Waals surface area contributed by atoms with Gasteiger partial charge in [-0.3, -0.25) is 9.78 Å². The molecule has 0 aliphatic rings. The molecule has 100 valence electrons. The van der Waals surface area contributed by atoms with E-state index in [1.807, 2.05) is 19.1 Å². The fourth-order valence-electron chi connectivity index (χ4n) is 2.08. The van der Waals surface area contributed by atoms with Crippen LogP contribution < -0.4 is 0 Å². The first-order chi connectivity index (χ1) is 9.59. The second-order valence-electron chi connectivity index (χ2n) is 4.31. The smallest absolute Gasteiger partial charge is 0.267 e. The summed E-state index contributed by atoms with van der Waals surface area (Å²) in [6.07, 6.45) is 1.66. The molecular weight excluding hydrogens is 342 g/mol. The molecule has 2 heterocycles. The maximum atomic E-state index is 12.7. The van der Waals surface area contributed by atoms with Crippen LogP contribution >= 0.6 is 27.5 Å². The van der Waals surface area contributed by atoms with Crippen LogP contribution in [0.4, 0.5) is 0 Å². The Balaban J connectivity index is 2.24. The first kappa shape index (κ1) is 13.3. The van der Waals surface area contributed by atoms with Gasteiger partial charge >= 0.3 is 0 Å². The van der Waals surface area contributed by atoms with Gasteiger partial charge in [-0.2, -0.15) is 9.78 Å². The molecule has 0 amide bonds. The Hall–Kier alpha value is -1.72. The summed E-state index contributed by atoms with van der Waals surface area (Å²) in [5, 5.41) is 4.63. The van der Waals surface area contributed by atoms with Gasteiger partial charge in [0.25, 0.3) is 5.91 Å². The lowest BCUT2D eigenvalue weighted by Crippen LogP contribution is -2.15. The summed E-state index contributed by atoms with van der Waals surface area (Å²) in [6, 6.07) is 8.91. The summed E-state index contributed by atoms with van der Waals surface area (Å²) in [5.41, 5.74) is 2.55. The molecular formula is C14H9BrClN3O. The van der Waals surface area contributed by atoms with Gasteiger partial charge in [-0.15, -0.1) is 0 Å². The largest absolute Gasteiger partial charge is 0.280 e. The van der Waals surface area contributed by atoms with Crippen LogP contribution in [0.1, 0.15) is 15.9 Å². The number of carbonyl (C=O) groups excluding carboxylic acids is 1. The molecule has 0 fully saturated rings. The molecule has 3 rings (SSSR count). The zero-order valence-corrected chi connectivity index (χ0v) is 12.8. The number of nitrogens with zero attached hydrogens (tertiary/aromatic N) is 3. The van der Waals surface area contributed by atoms with Crippen molar-refractivity contribution in [3.63, 3.8) is 0 Å². The van der Waals surface area contributed by atoms with Crippen molar-refractivity contribution in [1.29, 1.82) is 0 Å². The van der Waals surface area contributed by atoms with E-state index in [9.17, 15) is 4.79 Å². The summed E-state index contributed by atoms with van der Waals surface area (Å²) < 4.78 is 1.85. The average Bonchev–Trinajstić information content (AvgIpc) is 2.76. The van der Waals surface area contributed by atoms with Crippen molar-refractivity contribution in [2.24, 2.45) is 0 Å². The third kappa shape index (κ3) is 2.03. The maximum absolute atomic E-state index is 12.7. The van der Waals surface area contributed by atoms with Gasteiger partial charge in [-0.25, -0.2) is 0 Å². The number of hydrogen-bond donors (Lipinski definition) is 0. The zero-order chi connectivity index (χ0) is 14.3. The molecule has 0 spiro atoms. The lowest BCUT2D eigenvalue weighted by molar-refractivity contribution is 0.0949. The van der Waals surface area contributed by atoms with Crippen molar-refractivity contribution >= 4 is 44.5 Å². The number of pyridine rings is 1. The van der Waals surface area contributed by atoms with E-state index in [1.54, 1.807) is 24.4 Å². The summed E-state index contributed by atoms with van der Waals surface area (Å²) in [5.74, 6) is -0.267. The van der Waals surface area contributed by atoms with Crippen LogP contribution in [0.3, 0.4) is 0 Å². The Labute approximate surface area is 128 Å². The molecule has 6 heteroatoms. The first-order valence-corrected chi connectivity index (χ1v) is 7.06. The molecule has 20 heavy (non-hydrogen) atoms. The minimum absolute atomic E-state index is 0.267. The average molecular weight is 351 g/mol. The van der Waals surface area contributed by atoms with Crippen LogP contribution in [0, 0.1) is 6.92 Å². The lowest BCUT2D eigenvalue weighted by atomic mass is 10.1. The number of halogens is 2. The number of hydrogen-bond acceptors (Lipinski definition) is 3. The molecule has 4 nitrogen and oxygen atoms in total. The standard InChI is InChI=1S/C14H9BrClN3O/c1-8-4-2-5-9(16)11(8)14(20)19-10-6-3-7-17-12(10)13(15)18-19/h2-7H,1H3. The SMILES string of the molecule is Cc1cccc(Cl)c1C(=O)n1nc(Br)c2ncccc21. The van der Waals surface area contributed by atoms with Crippen molar-refractivity contribution in [3.05, 3.63) is 57.3 Å². The number of carbonyl (C=O) groups is 1. The molecule has 3 aromatic rings. The van der Waals surface area contributed by atoms with Crippen LogP contribution in [-0.2, 0) is 0 Å². The molecule has 2 aromatic heterocycles. The molecule has 0 aliphatic carbocycles. The number of rotatable bonds is 1. The Morgan fingerprint density at radius 2 is 2.10 bits per heavy atom. The number of aromatic nitrogens is 3. The van der Waals surface area contributed by atoms with E-state index in [0.717, 1.165) is 5.56 Å². The van der Waals surface area contributed by atoms with Crippen LogP contribution in [-0.4, -0.2) is 20.7 Å². The van der Waals surface area contributed by atoms with Crippen molar-refractivity contribution in [2.75, 3.05) is 0 Å². The van der Waals surface area contributed by atoms with Gasteiger partial charge < -0.3 is 0 Å². The van der Waals surface area contributed by atoms with Gasteiger partial charge in [0.05, 0.1) is 16.1 Å². The van der Waals surface area contributed by atoms with E-state index in [2.05, 4.69) is 26.0 Å². The van der Waals surface area contributed by atoms with Crippen LogP contribution in [0.25, 0.3) is 11.0 Å². The minimum atomic E-state index is -0.267. The molecule has 0 aliphatic heterocycles. The summed E-state index contributed by atoms with van der Waals surface area (Å²) in [4.78, 5) is 16.9. The normalized spacial score (nSPS) is 10.9. The number of fused-ring (bicyclic) bond motifs is 1. The summed E-state index contributed by atoms with van der Waals surface area (Å²) >= 11 is 9.46. The Bertz CT molecular complexity index is 808. The predicted octanol–water partition coefficient (Wildman–Crippen LogP) is 3.84. The van der Waals surface area contributed by atoms with Gasteiger partial charge in [0.1, 0.15) is 5.52 Å². The Morgan fingerprint density at radius 3 is 2.85 bits per heavy atom. The lowest BCUT2D eigenvalue weighted by Gasteiger charge is -2.07. The van der Waals surface area contributed by atoms with Crippen LogP contribution in [0.5, 0.6) is 0 Å². The van der Waals surface area contributed by atoms with Gasteiger partial charge in [-0.1, -0.05) is 23.7 Å². The van der Waals surface area contributed by atoms with E-state index >= 15 is 0 Å². The Morgan fingerprint density at radius 1 is 1.30 bits per heavy atom. The molecule has 0 bridgehead atoms. The van der Waals surface area contributed by atoms with Crippen molar-refractivity contribution in [1.82, 2.24) is 14.8 Å². The molecule has 0 atom stereocenters. The highest BCUT2D eigenvalue weighted by atomic mass is 79.9. The molecule has 0 saturated heterocycles. The second kappa shape index (κ2) is 5.00. The van der Waals surface area contributed by atoms with E-state index < -0.39 is 0 Å². The Kier molecular flexibility index (Phi) is 3.31. The van der Waals surface area contributed by atoms with Crippen LogP contribution in [0.15, 0.2) is 41.1 Å². The highest BCUT2D eigenvalue weighted by Crippen LogP contribution is 2.25. The minimum Gasteiger partial charge on any atom is -0.267 e. The van der Waals surface area contributed by atoms with Crippen molar-refractivity contribution in [3.8, 4) is 0 Å². The van der Waals surface area contributed by atoms with E-state index in [1.165, 1.54) is 4.68 Å². The monoisotopic (exact) mass is 349 g/mol. The maximum Gasteiger partial charge on any atom is 0.280 e. The van der Waals surface area contributed by atoms with Crippen molar-refractivity contribution in [2.45, 2.75) is 6.92 Å². The molecule has 0 unspecified atom stereocenters. The van der Waals surface area contributed by atoms with E-state index in [0.29, 0.717) is 26.2 Å². The zero-order valence-electron chi connectivity index (χ0n) is 10.5. The fraction of sp³-hybridized carbons (Fsp3) is 0.0714. The third-order valence-electron chi connectivity index (χ3n) is 3.03. The highest BCUT2D eigenvalue weighted by molar-refractivity contribution is 9.10. The highest BCUT2D eigenvalue weighted by Gasteiger charge is 2.20. The van der Waals surface area contributed by atoms with Gasteiger partial charge in [0.15, 0.2) is 4.60 Å². The predicted molar refractivity (Wildman–Crippen MR) is 81.1 cm³/mol. The second-order valence-corrected chi connectivity index (χ2v) is 5.47. The quantitative estimate of drug-likeness (QED) is 0.670. The third-order valence-corrected chi connectivity index (χ3v) is 3.88. The number of aryl methyl sites for hydroxylation is 1. The van der Waals surface area contributed by atoms with Crippen LogP contribution in [0.2, 0.25) is 5.02 Å². The van der Waals surface area contributed by atoms with Crippen molar-refractivity contribution < 1.29 is 4.79 Å². The topological polar surface area (TPSA) is 47.8 Å². The molecule has 0 N–H and O–H groups in total. The summed E-state index contributed by atoms with van der Waals surface area (Å²) in [7, 11) is 0. The fourth-order valence-corrected chi connectivity index (χ4v) is 2.85. The molecule has 0 saturated carbocycles. The molecule has 1 aromatic carbocycles. The summed E-state index contributed by atoms with van der Waals surface area (Å²) in [6.45, 7) is 1.85. The van der Waals surface area contributed by atoms with Gasteiger partial charge in [0, 0.05) is 6.20 Å². The first-order valence-electron chi connectivity index (χ1n) is 5.88. The van der Waals surface area contributed by atoms with E-state index in [4.69, 9.17) is 11.6 Å². The molecule has 0 radical (unpaired) electrons. The number of benzene rings is 1. The van der Waals surface area contributed by atoms with Gasteiger partial charge in [-0.05, 0) is 46.6 Å². The van der Waals surface area contributed by atoms with Gasteiger partial charge in [0.2, 0.25) is 0 Å². The van der Waals surface area contributed by atoms with E-state index in [-0.39, 0.29) is 5.91 Å².